The number of alkyl halides is 1. The van der Waals surface area contributed by atoms with E-state index in [1.165, 1.54) is 0 Å². The molecule has 2 rings (SSSR count). The highest BCUT2D eigenvalue weighted by Gasteiger charge is 2.15. The highest BCUT2D eigenvalue weighted by molar-refractivity contribution is 6.33. The summed E-state index contributed by atoms with van der Waals surface area (Å²) in [6.45, 7) is 2.23. The third-order valence-corrected chi connectivity index (χ3v) is 3.73. The molecule has 0 saturated carbocycles. The maximum absolute atomic E-state index is 12.2. The fourth-order valence-electron chi connectivity index (χ4n) is 1.98. The predicted octanol–water partition coefficient (Wildman–Crippen LogP) is 4.97. The summed E-state index contributed by atoms with van der Waals surface area (Å²) in [6.07, 6.45) is 0. The van der Waals surface area contributed by atoms with Crippen LogP contribution in [-0.4, -0.2) is 19.4 Å². The van der Waals surface area contributed by atoms with E-state index in [9.17, 15) is 4.79 Å². The molecule has 0 bridgehead atoms. The van der Waals surface area contributed by atoms with Gasteiger partial charge in [-0.2, -0.15) is 0 Å². The van der Waals surface area contributed by atoms with Gasteiger partial charge in [0.05, 0.1) is 22.0 Å². The number of para-hydroxylation sites is 2. The smallest absolute Gasteiger partial charge is 0.342 e. The van der Waals surface area contributed by atoms with E-state index in [1.54, 1.807) is 24.3 Å². The molecule has 0 saturated heterocycles. The molecule has 0 fully saturated rings. The van der Waals surface area contributed by atoms with Crippen LogP contribution in [0.2, 0.25) is 5.02 Å². The minimum Gasteiger partial charge on any atom is -0.435 e. The molecule has 1 N–H and O–H groups in total. The molecule has 0 aromatic heterocycles. The van der Waals surface area contributed by atoms with E-state index in [-0.39, 0.29) is 6.79 Å². The van der Waals surface area contributed by atoms with E-state index in [0.717, 1.165) is 5.56 Å². The lowest BCUT2D eigenvalue weighted by atomic mass is 10.1. The highest BCUT2D eigenvalue weighted by atomic mass is 35.5. The Morgan fingerprint density at radius 2 is 1.96 bits per heavy atom. The quantitative estimate of drug-likeness (QED) is 0.330. The zero-order valence-electron chi connectivity index (χ0n) is 12.6. The van der Waals surface area contributed by atoms with E-state index < -0.39 is 5.97 Å². The lowest BCUT2D eigenvalue weighted by Crippen LogP contribution is -2.11. The van der Waals surface area contributed by atoms with Crippen LogP contribution in [0, 0.1) is 0 Å². The average Bonchev–Trinajstić information content (AvgIpc) is 2.57. The number of carbonyl (C=O) groups is 1. The molecule has 122 valence electrons. The van der Waals surface area contributed by atoms with E-state index in [4.69, 9.17) is 32.7 Å². The van der Waals surface area contributed by atoms with Gasteiger partial charge in [-0.05, 0) is 30.7 Å². The summed E-state index contributed by atoms with van der Waals surface area (Å²) in [5.74, 6) is -0.166. The van der Waals surface area contributed by atoms with Crippen molar-refractivity contribution in [1.29, 1.82) is 0 Å². The van der Waals surface area contributed by atoms with Gasteiger partial charge in [0.1, 0.15) is 0 Å². The maximum atomic E-state index is 12.2. The highest BCUT2D eigenvalue weighted by Crippen LogP contribution is 2.31. The first-order valence-corrected chi connectivity index (χ1v) is 8.03. The average molecular weight is 354 g/mol. The molecular weight excluding hydrogens is 337 g/mol. The van der Waals surface area contributed by atoms with Crippen molar-refractivity contribution in [1.82, 2.24) is 0 Å². The zero-order valence-corrected chi connectivity index (χ0v) is 14.2. The Bertz CT molecular complexity index is 677. The SMILES string of the molecule is CCOCOC(=O)c1ccccc1Nc1c(Cl)cccc1CCl. The van der Waals surface area contributed by atoms with Crippen molar-refractivity contribution in [3.05, 3.63) is 58.6 Å². The van der Waals surface area contributed by atoms with Crippen molar-refractivity contribution in [2.45, 2.75) is 12.8 Å². The molecule has 0 aliphatic heterocycles. The standard InChI is InChI=1S/C17H17Cl2NO3/c1-2-22-11-23-17(21)13-7-3-4-9-15(13)20-16-12(10-18)6-5-8-14(16)19/h3-9,20H,2,10-11H2,1H3. The predicted molar refractivity (Wildman–Crippen MR) is 92.6 cm³/mol. The van der Waals surface area contributed by atoms with Gasteiger partial charge < -0.3 is 14.8 Å². The third kappa shape index (κ3) is 4.61. The second-order valence-corrected chi connectivity index (χ2v) is 5.30. The molecule has 0 spiro atoms. The first kappa shape index (κ1) is 17.6. The molecule has 0 aliphatic carbocycles. The van der Waals surface area contributed by atoms with Crippen LogP contribution in [-0.2, 0) is 15.4 Å². The zero-order chi connectivity index (χ0) is 16.7. The van der Waals surface area contributed by atoms with Crippen LogP contribution in [0.4, 0.5) is 11.4 Å². The topological polar surface area (TPSA) is 47.6 Å². The van der Waals surface area contributed by atoms with Gasteiger partial charge in [-0.15, -0.1) is 11.6 Å². The Morgan fingerprint density at radius 1 is 1.17 bits per heavy atom. The molecule has 2 aromatic rings. The monoisotopic (exact) mass is 353 g/mol. The van der Waals surface area contributed by atoms with Crippen LogP contribution in [0.15, 0.2) is 42.5 Å². The van der Waals surface area contributed by atoms with Crippen molar-refractivity contribution in [2.24, 2.45) is 0 Å². The number of rotatable bonds is 7. The molecule has 0 heterocycles. The summed E-state index contributed by atoms with van der Waals surface area (Å²) >= 11 is 12.2. The molecule has 0 amide bonds. The Labute approximate surface area is 145 Å². The van der Waals surface area contributed by atoms with Gasteiger partial charge in [-0.3, -0.25) is 0 Å². The summed E-state index contributed by atoms with van der Waals surface area (Å²) in [6, 6.07) is 12.5. The Kier molecular flexibility index (Phi) is 6.71. The number of carbonyl (C=O) groups excluding carboxylic acids is 1. The number of ether oxygens (including phenoxy) is 2. The van der Waals surface area contributed by atoms with E-state index in [2.05, 4.69) is 5.32 Å². The molecule has 0 unspecified atom stereocenters. The van der Waals surface area contributed by atoms with Crippen LogP contribution in [0.3, 0.4) is 0 Å². The number of halogens is 2. The van der Waals surface area contributed by atoms with Crippen LogP contribution in [0.5, 0.6) is 0 Å². The molecule has 4 nitrogen and oxygen atoms in total. The van der Waals surface area contributed by atoms with E-state index >= 15 is 0 Å². The Hall–Kier alpha value is -1.75. The van der Waals surface area contributed by atoms with Gasteiger partial charge in [-0.1, -0.05) is 35.9 Å². The van der Waals surface area contributed by atoms with Crippen LogP contribution < -0.4 is 5.32 Å². The summed E-state index contributed by atoms with van der Waals surface area (Å²) in [7, 11) is 0. The molecular formula is C17H17Cl2NO3. The van der Waals surface area contributed by atoms with Gasteiger partial charge in [0.15, 0.2) is 6.79 Å². The fourth-order valence-corrected chi connectivity index (χ4v) is 2.45. The number of hydrogen-bond donors (Lipinski definition) is 1. The largest absolute Gasteiger partial charge is 0.435 e. The lowest BCUT2D eigenvalue weighted by Gasteiger charge is -2.15. The van der Waals surface area contributed by atoms with Crippen molar-refractivity contribution < 1.29 is 14.3 Å². The second-order valence-electron chi connectivity index (χ2n) is 4.62. The summed E-state index contributed by atoms with van der Waals surface area (Å²) in [4.78, 5) is 12.2. The second kappa shape index (κ2) is 8.77. The van der Waals surface area contributed by atoms with Gasteiger partial charge in [0, 0.05) is 12.5 Å². The normalized spacial score (nSPS) is 10.4. The molecule has 0 atom stereocenters. The van der Waals surface area contributed by atoms with Gasteiger partial charge in [0.2, 0.25) is 0 Å². The third-order valence-electron chi connectivity index (χ3n) is 3.13. The molecule has 6 heteroatoms. The minimum atomic E-state index is -0.471. The number of hydrogen-bond acceptors (Lipinski definition) is 4. The van der Waals surface area contributed by atoms with Crippen LogP contribution >= 0.6 is 23.2 Å². The van der Waals surface area contributed by atoms with Crippen molar-refractivity contribution in [3.8, 4) is 0 Å². The number of nitrogens with one attached hydrogen (secondary N) is 1. The summed E-state index contributed by atoms with van der Waals surface area (Å²) in [5, 5.41) is 3.70. The fraction of sp³-hybridized carbons (Fsp3) is 0.235. The Balaban J connectivity index is 2.26. The lowest BCUT2D eigenvalue weighted by molar-refractivity contribution is -0.0273. The molecule has 0 radical (unpaired) electrons. The molecule has 0 aliphatic rings. The van der Waals surface area contributed by atoms with Crippen LogP contribution in [0.25, 0.3) is 0 Å². The number of esters is 1. The van der Waals surface area contributed by atoms with E-state index in [0.29, 0.717) is 34.4 Å². The van der Waals surface area contributed by atoms with Crippen LogP contribution in [0.1, 0.15) is 22.8 Å². The van der Waals surface area contributed by atoms with E-state index in [1.807, 2.05) is 25.1 Å². The summed E-state index contributed by atoms with van der Waals surface area (Å²) in [5.41, 5.74) is 2.51. The van der Waals surface area contributed by atoms with Gasteiger partial charge >= 0.3 is 5.97 Å². The van der Waals surface area contributed by atoms with Gasteiger partial charge in [-0.25, -0.2) is 4.79 Å². The maximum Gasteiger partial charge on any atom is 0.342 e. The molecule has 2 aromatic carbocycles. The number of benzene rings is 2. The van der Waals surface area contributed by atoms with Crippen molar-refractivity contribution >= 4 is 40.5 Å². The first-order valence-electron chi connectivity index (χ1n) is 7.11. The number of anilines is 2. The van der Waals surface area contributed by atoms with Crippen molar-refractivity contribution in [2.75, 3.05) is 18.7 Å². The minimum absolute atomic E-state index is 0.0807. The summed E-state index contributed by atoms with van der Waals surface area (Å²) < 4.78 is 10.1. The van der Waals surface area contributed by atoms with Gasteiger partial charge in [0.25, 0.3) is 0 Å². The molecule has 23 heavy (non-hydrogen) atoms. The Morgan fingerprint density at radius 3 is 2.70 bits per heavy atom. The van der Waals surface area contributed by atoms with Crippen molar-refractivity contribution in [3.63, 3.8) is 0 Å². The first-order chi connectivity index (χ1) is 11.2.